The van der Waals surface area contributed by atoms with Crippen molar-refractivity contribution in [3.63, 3.8) is 0 Å². The second-order valence-electron chi connectivity index (χ2n) is 9.04. The molecule has 3 atom stereocenters. The van der Waals surface area contributed by atoms with E-state index in [0.29, 0.717) is 34.6 Å². The summed E-state index contributed by atoms with van der Waals surface area (Å²) in [5, 5.41) is 7.85. The third-order valence-corrected chi connectivity index (χ3v) is 7.20. The van der Waals surface area contributed by atoms with Crippen molar-refractivity contribution in [2.45, 2.75) is 44.7 Å². The van der Waals surface area contributed by atoms with E-state index in [0.717, 1.165) is 36.3 Å². The molecule has 0 aliphatic carbocycles. The maximum Gasteiger partial charge on any atom is 0.220 e. The van der Waals surface area contributed by atoms with E-state index in [2.05, 4.69) is 27.5 Å². The fourth-order valence-corrected chi connectivity index (χ4v) is 4.77. The first-order valence-electron chi connectivity index (χ1n) is 11.8. The number of aromatic nitrogens is 2. The van der Waals surface area contributed by atoms with E-state index in [-0.39, 0.29) is 18.0 Å². The number of amides is 1. The van der Waals surface area contributed by atoms with E-state index in [1.165, 1.54) is 5.56 Å². The Kier molecular flexibility index (Phi) is 8.60. The van der Waals surface area contributed by atoms with Gasteiger partial charge in [-0.25, -0.2) is 9.97 Å². The van der Waals surface area contributed by atoms with Gasteiger partial charge in [-0.2, -0.15) is 0 Å². The highest BCUT2D eigenvalue weighted by atomic mass is 35.5. The summed E-state index contributed by atoms with van der Waals surface area (Å²) in [6.45, 7) is 2.97. The van der Waals surface area contributed by atoms with Crippen LogP contribution < -0.4 is 15.4 Å². The number of methoxy groups -OCH3 is 1. The van der Waals surface area contributed by atoms with Crippen molar-refractivity contribution in [1.82, 2.24) is 20.6 Å². The normalized spacial score (nSPS) is 18.3. The molecule has 3 unspecified atom stereocenters. The highest BCUT2D eigenvalue weighted by Crippen LogP contribution is 2.26. The number of carbonyl (C=O) groups excluding carboxylic acids is 1. The van der Waals surface area contributed by atoms with Crippen LogP contribution in [0.4, 0.5) is 0 Å². The number of hydrogen-bond acceptors (Lipinski definition) is 5. The van der Waals surface area contributed by atoms with Crippen molar-refractivity contribution < 1.29 is 9.53 Å². The molecule has 3 aromatic rings. The van der Waals surface area contributed by atoms with Gasteiger partial charge >= 0.3 is 0 Å². The Morgan fingerprint density at radius 3 is 2.54 bits per heavy atom. The molecule has 0 radical (unpaired) electrons. The van der Waals surface area contributed by atoms with Crippen molar-refractivity contribution in [1.29, 1.82) is 0 Å². The Morgan fingerprint density at radius 1 is 1.11 bits per heavy atom. The zero-order valence-electron chi connectivity index (χ0n) is 19.9. The molecule has 2 aromatic carbocycles. The minimum absolute atomic E-state index is 0.00932. The second kappa shape index (κ2) is 11.8. The molecule has 1 amide bonds. The first-order chi connectivity index (χ1) is 16.9. The molecule has 6 nitrogen and oxygen atoms in total. The van der Waals surface area contributed by atoms with Gasteiger partial charge in [-0.3, -0.25) is 4.79 Å². The van der Waals surface area contributed by atoms with Gasteiger partial charge in [-0.1, -0.05) is 41.4 Å². The molecule has 1 fully saturated rings. The third kappa shape index (κ3) is 6.94. The summed E-state index contributed by atoms with van der Waals surface area (Å²) in [6, 6.07) is 13.8. The predicted molar refractivity (Wildman–Crippen MR) is 140 cm³/mol. The fraction of sp³-hybridized carbons (Fsp3) is 0.370. The van der Waals surface area contributed by atoms with Crippen LogP contribution in [-0.4, -0.2) is 41.6 Å². The number of aryl methyl sites for hydroxylation is 1. The predicted octanol–water partition coefficient (Wildman–Crippen LogP) is 5.12. The number of hydrogen-bond donors (Lipinski definition) is 2. The summed E-state index contributed by atoms with van der Waals surface area (Å²) in [7, 11) is 1.64. The Morgan fingerprint density at radius 2 is 1.86 bits per heavy atom. The number of ether oxygens (including phenoxy) is 1. The molecular formula is C27H30Cl2N4O2. The molecular weight excluding hydrogens is 483 g/mol. The van der Waals surface area contributed by atoms with E-state index in [1.807, 2.05) is 42.5 Å². The standard InChI is InChI=1S/C27H30Cl2N4O2/c1-17(25-13-19(14-30-25)11-18-3-8-23(28)24(29)12-18)33-27(34)10-9-26-31-15-21(16-32-26)20-4-6-22(35-2)7-5-20/h3-8,12,15-17,19,25,30H,9-11,13-14H2,1-2H3,(H,33,34). The molecule has 8 heteroatoms. The van der Waals surface area contributed by atoms with Crippen LogP contribution in [0.3, 0.4) is 0 Å². The van der Waals surface area contributed by atoms with Crippen LogP contribution in [0.5, 0.6) is 5.75 Å². The zero-order valence-corrected chi connectivity index (χ0v) is 21.4. The summed E-state index contributed by atoms with van der Waals surface area (Å²) >= 11 is 12.2. The first kappa shape index (κ1) is 25.4. The van der Waals surface area contributed by atoms with Gasteiger partial charge in [-0.05, 0) is 67.6 Å². The van der Waals surface area contributed by atoms with Crippen LogP contribution in [0.2, 0.25) is 10.0 Å². The number of carbonyl (C=O) groups is 1. The van der Waals surface area contributed by atoms with Gasteiger partial charge in [-0.15, -0.1) is 0 Å². The topological polar surface area (TPSA) is 76.1 Å². The van der Waals surface area contributed by atoms with Gasteiger partial charge in [0.2, 0.25) is 5.91 Å². The summed E-state index contributed by atoms with van der Waals surface area (Å²) in [5.41, 5.74) is 3.13. The lowest BCUT2D eigenvalue weighted by Gasteiger charge is -2.21. The second-order valence-corrected chi connectivity index (χ2v) is 9.86. The fourth-order valence-electron chi connectivity index (χ4n) is 4.45. The molecule has 1 aromatic heterocycles. The van der Waals surface area contributed by atoms with Crippen molar-refractivity contribution in [2.24, 2.45) is 5.92 Å². The highest BCUT2D eigenvalue weighted by molar-refractivity contribution is 6.42. The van der Waals surface area contributed by atoms with E-state index >= 15 is 0 Å². The van der Waals surface area contributed by atoms with Gasteiger partial charge in [0, 0.05) is 42.9 Å². The first-order valence-corrected chi connectivity index (χ1v) is 12.6. The molecule has 0 bridgehead atoms. The third-order valence-electron chi connectivity index (χ3n) is 6.46. The van der Waals surface area contributed by atoms with E-state index < -0.39 is 0 Å². The Hall–Kier alpha value is -2.67. The van der Waals surface area contributed by atoms with E-state index in [9.17, 15) is 4.79 Å². The minimum Gasteiger partial charge on any atom is -0.497 e. The van der Waals surface area contributed by atoms with Crippen LogP contribution in [0.15, 0.2) is 54.9 Å². The number of nitrogens with one attached hydrogen (secondary N) is 2. The number of halogens is 2. The van der Waals surface area contributed by atoms with Crippen molar-refractivity contribution >= 4 is 29.1 Å². The summed E-state index contributed by atoms with van der Waals surface area (Å²) < 4.78 is 5.19. The molecule has 2 heterocycles. The molecule has 184 valence electrons. The molecule has 0 saturated carbocycles. The van der Waals surface area contributed by atoms with E-state index in [1.54, 1.807) is 19.5 Å². The number of nitrogens with zero attached hydrogens (tertiary/aromatic N) is 2. The zero-order chi connectivity index (χ0) is 24.8. The molecule has 2 N–H and O–H groups in total. The van der Waals surface area contributed by atoms with Gasteiger partial charge in [0.15, 0.2) is 0 Å². The Bertz CT molecular complexity index is 1140. The van der Waals surface area contributed by atoms with Crippen LogP contribution >= 0.6 is 23.2 Å². The van der Waals surface area contributed by atoms with Crippen molar-refractivity contribution in [2.75, 3.05) is 13.7 Å². The van der Waals surface area contributed by atoms with Crippen molar-refractivity contribution in [3.05, 3.63) is 76.3 Å². The molecule has 1 aliphatic rings. The number of rotatable bonds is 9. The smallest absolute Gasteiger partial charge is 0.220 e. The van der Waals surface area contributed by atoms with Gasteiger partial charge in [0.25, 0.3) is 0 Å². The molecule has 0 spiro atoms. The average molecular weight is 513 g/mol. The quantitative estimate of drug-likeness (QED) is 0.416. The van der Waals surface area contributed by atoms with Crippen molar-refractivity contribution in [3.8, 4) is 16.9 Å². The molecule has 1 saturated heterocycles. The molecule has 35 heavy (non-hydrogen) atoms. The molecule has 1 aliphatic heterocycles. The highest BCUT2D eigenvalue weighted by Gasteiger charge is 2.29. The van der Waals surface area contributed by atoms with Crippen LogP contribution in [-0.2, 0) is 17.6 Å². The van der Waals surface area contributed by atoms with Crippen LogP contribution in [0.1, 0.15) is 31.2 Å². The van der Waals surface area contributed by atoms with Crippen LogP contribution in [0.25, 0.3) is 11.1 Å². The Balaban J connectivity index is 1.21. The lowest BCUT2D eigenvalue weighted by Crippen LogP contribution is -2.45. The minimum atomic E-state index is 0.00932. The van der Waals surface area contributed by atoms with Crippen LogP contribution in [0, 0.1) is 5.92 Å². The summed E-state index contributed by atoms with van der Waals surface area (Å²) in [4.78, 5) is 21.4. The van der Waals surface area contributed by atoms with Gasteiger partial charge in [0.05, 0.1) is 17.2 Å². The maximum absolute atomic E-state index is 12.5. The Labute approximate surface area is 216 Å². The largest absolute Gasteiger partial charge is 0.497 e. The van der Waals surface area contributed by atoms with Gasteiger partial charge < -0.3 is 15.4 Å². The SMILES string of the molecule is COc1ccc(-c2cnc(CCC(=O)NC(C)C3CC(Cc4ccc(Cl)c(Cl)c4)CN3)nc2)cc1. The summed E-state index contributed by atoms with van der Waals surface area (Å²) in [6.07, 6.45) is 6.37. The molecule has 4 rings (SSSR count). The lowest BCUT2D eigenvalue weighted by atomic mass is 9.95. The van der Waals surface area contributed by atoms with E-state index in [4.69, 9.17) is 27.9 Å². The van der Waals surface area contributed by atoms with Gasteiger partial charge in [0.1, 0.15) is 11.6 Å². The monoisotopic (exact) mass is 512 g/mol. The summed E-state index contributed by atoms with van der Waals surface area (Å²) in [5.74, 6) is 1.97. The number of benzene rings is 2. The average Bonchev–Trinajstić information content (AvgIpc) is 3.34. The maximum atomic E-state index is 12.5. The lowest BCUT2D eigenvalue weighted by molar-refractivity contribution is -0.121.